The van der Waals surface area contributed by atoms with Crippen molar-refractivity contribution in [1.82, 2.24) is 4.72 Å². The van der Waals surface area contributed by atoms with Crippen molar-refractivity contribution in [2.75, 3.05) is 6.54 Å². The fourth-order valence-corrected chi connectivity index (χ4v) is 4.91. The predicted octanol–water partition coefficient (Wildman–Crippen LogP) is 3.67. The van der Waals surface area contributed by atoms with E-state index in [4.69, 9.17) is 0 Å². The van der Waals surface area contributed by atoms with Gasteiger partial charge in [-0.15, -0.1) is 11.3 Å². The number of aryl methyl sites for hydroxylation is 2. The van der Waals surface area contributed by atoms with Gasteiger partial charge >= 0.3 is 0 Å². The molecule has 0 unspecified atom stereocenters. The minimum Gasteiger partial charge on any atom is -0.267 e. The van der Waals surface area contributed by atoms with E-state index in [9.17, 15) is 8.42 Å². The van der Waals surface area contributed by atoms with Crippen LogP contribution < -0.4 is 4.72 Å². The maximum atomic E-state index is 12.5. The van der Waals surface area contributed by atoms with Crippen molar-refractivity contribution in [1.29, 1.82) is 0 Å². The minimum atomic E-state index is -3.55. The second-order valence-electron chi connectivity index (χ2n) is 5.92. The molecule has 1 aromatic heterocycles. The van der Waals surface area contributed by atoms with Gasteiger partial charge in [-0.05, 0) is 48.9 Å². The summed E-state index contributed by atoms with van der Waals surface area (Å²) in [4.78, 5) is 6.05. The average molecular weight is 361 g/mol. The zero-order chi connectivity index (χ0) is 17.3. The molecule has 0 radical (unpaired) electrons. The number of amidine groups is 1. The van der Waals surface area contributed by atoms with Crippen LogP contribution in [0.15, 0.2) is 46.3 Å². The molecule has 126 valence electrons. The largest absolute Gasteiger partial charge is 0.267 e. The predicted molar refractivity (Wildman–Crippen MR) is 101 cm³/mol. The lowest BCUT2D eigenvalue weighted by molar-refractivity contribution is 0.603. The van der Waals surface area contributed by atoms with Crippen LogP contribution in [0.3, 0.4) is 0 Å². The van der Waals surface area contributed by atoms with Gasteiger partial charge in [0.05, 0.1) is 0 Å². The van der Waals surface area contributed by atoms with Gasteiger partial charge in [0, 0.05) is 23.4 Å². The Kier molecular flexibility index (Phi) is 4.60. The van der Waals surface area contributed by atoms with Gasteiger partial charge in [0.15, 0.2) is 0 Å². The number of rotatable bonds is 4. The fraction of sp³-hybridized carbons (Fsp3) is 0.278. The molecule has 0 saturated heterocycles. The number of benzene rings is 1. The Morgan fingerprint density at radius 1 is 1.12 bits per heavy atom. The molecule has 0 spiro atoms. The van der Waals surface area contributed by atoms with E-state index in [2.05, 4.69) is 15.8 Å². The summed E-state index contributed by atoms with van der Waals surface area (Å²) in [6.45, 7) is 6.38. The van der Waals surface area contributed by atoms with Gasteiger partial charge in [0.2, 0.25) is 0 Å². The monoisotopic (exact) mass is 360 g/mol. The van der Waals surface area contributed by atoms with E-state index in [0.717, 1.165) is 17.5 Å². The van der Waals surface area contributed by atoms with Crippen LogP contribution in [0.1, 0.15) is 28.5 Å². The van der Waals surface area contributed by atoms with Crippen LogP contribution in [-0.2, 0) is 16.4 Å². The van der Waals surface area contributed by atoms with Gasteiger partial charge in [0.25, 0.3) is 10.0 Å². The van der Waals surface area contributed by atoms with Crippen molar-refractivity contribution in [2.24, 2.45) is 4.99 Å². The zero-order valence-electron chi connectivity index (χ0n) is 14.0. The van der Waals surface area contributed by atoms with Crippen molar-refractivity contribution < 1.29 is 8.42 Å². The van der Waals surface area contributed by atoms with Crippen molar-refractivity contribution in [3.05, 3.63) is 62.9 Å². The summed E-state index contributed by atoms with van der Waals surface area (Å²) in [6.07, 6.45) is 0.815. The normalized spacial score (nSPS) is 18.2. The second-order valence-corrected chi connectivity index (χ2v) is 8.57. The van der Waals surface area contributed by atoms with Gasteiger partial charge < -0.3 is 0 Å². The summed E-state index contributed by atoms with van der Waals surface area (Å²) in [5, 5.41) is 2.03. The molecular weight excluding hydrogens is 340 g/mol. The van der Waals surface area contributed by atoms with Crippen molar-refractivity contribution in [2.45, 2.75) is 27.2 Å². The molecule has 0 aliphatic carbocycles. The summed E-state index contributed by atoms with van der Waals surface area (Å²) in [7, 11) is -3.55. The molecule has 3 rings (SSSR count). The molecule has 2 heterocycles. The summed E-state index contributed by atoms with van der Waals surface area (Å²) in [6, 6.07) is 9.80. The molecule has 2 aromatic rings. The lowest BCUT2D eigenvalue weighted by Gasteiger charge is -2.06. The first-order chi connectivity index (χ1) is 11.4. The molecule has 1 aromatic carbocycles. The smallest absolute Gasteiger partial charge is 0.264 e. The van der Waals surface area contributed by atoms with Crippen molar-refractivity contribution in [3.8, 4) is 0 Å². The molecule has 1 N–H and O–H groups in total. The Labute approximate surface area is 147 Å². The highest BCUT2D eigenvalue weighted by molar-refractivity contribution is 8.00. The molecule has 0 saturated carbocycles. The Balaban J connectivity index is 1.91. The Bertz CT molecular complexity index is 924. The Hall–Kier alpha value is -1.92. The summed E-state index contributed by atoms with van der Waals surface area (Å²) in [5.41, 5.74) is 3.62. The molecule has 0 fully saturated rings. The Morgan fingerprint density at radius 3 is 2.58 bits per heavy atom. The third-order valence-corrected chi connectivity index (χ3v) is 6.65. The molecule has 4 nitrogen and oxygen atoms in total. The number of nitrogens with one attached hydrogen (secondary N) is 1. The molecular formula is C18H20N2O2S2. The van der Waals surface area contributed by atoms with Crippen LogP contribution in [0.5, 0.6) is 0 Å². The quantitative estimate of drug-likeness (QED) is 0.904. The number of hydrogen-bond acceptors (Lipinski definition) is 4. The summed E-state index contributed by atoms with van der Waals surface area (Å²) >= 11 is 1.69. The molecule has 6 heteroatoms. The number of thiophene rings is 1. The van der Waals surface area contributed by atoms with Gasteiger partial charge in [-0.1, -0.05) is 24.3 Å². The average Bonchev–Trinajstić information content (AvgIpc) is 3.09. The van der Waals surface area contributed by atoms with Gasteiger partial charge in [0.1, 0.15) is 10.7 Å². The number of hydrogen-bond donors (Lipinski definition) is 1. The van der Waals surface area contributed by atoms with Crippen LogP contribution in [0.2, 0.25) is 0 Å². The van der Waals surface area contributed by atoms with Crippen LogP contribution in [-0.4, -0.2) is 20.8 Å². The third kappa shape index (κ3) is 3.30. The van der Waals surface area contributed by atoms with Gasteiger partial charge in [-0.25, -0.2) is 8.42 Å². The molecule has 1 aliphatic rings. The highest BCUT2D eigenvalue weighted by atomic mass is 32.2. The third-order valence-electron chi connectivity index (χ3n) is 4.17. The lowest BCUT2D eigenvalue weighted by Crippen LogP contribution is -2.24. The lowest BCUT2D eigenvalue weighted by atomic mass is 10.0. The van der Waals surface area contributed by atoms with Crippen LogP contribution in [0.4, 0.5) is 0 Å². The second kappa shape index (κ2) is 6.53. The van der Waals surface area contributed by atoms with Crippen molar-refractivity contribution in [3.63, 3.8) is 0 Å². The summed E-state index contributed by atoms with van der Waals surface area (Å²) < 4.78 is 27.6. The highest BCUT2D eigenvalue weighted by Gasteiger charge is 2.32. The standard InChI is InChI=1S/C18H20N2O2S2/c1-12-6-7-15(11-13(12)2)17-14(3)18(20-24(17,21)22)19-9-8-16-5-4-10-23-16/h4-7,10-11H,8-9H2,1-3H3,(H,19,20). The van der Waals surface area contributed by atoms with E-state index in [-0.39, 0.29) is 0 Å². The topological polar surface area (TPSA) is 58.5 Å². The molecule has 0 bridgehead atoms. The van der Waals surface area contributed by atoms with Crippen LogP contribution in [0.25, 0.3) is 4.91 Å². The van der Waals surface area contributed by atoms with E-state index < -0.39 is 10.0 Å². The van der Waals surface area contributed by atoms with E-state index in [0.29, 0.717) is 28.4 Å². The molecule has 0 amide bonds. The Morgan fingerprint density at radius 2 is 1.92 bits per heavy atom. The fourth-order valence-electron chi connectivity index (χ4n) is 2.70. The first-order valence-electron chi connectivity index (χ1n) is 7.77. The highest BCUT2D eigenvalue weighted by Crippen LogP contribution is 2.30. The van der Waals surface area contributed by atoms with Crippen LogP contribution >= 0.6 is 11.3 Å². The maximum Gasteiger partial charge on any atom is 0.264 e. The van der Waals surface area contributed by atoms with E-state index in [1.54, 1.807) is 11.3 Å². The number of sulfonamides is 1. The zero-order valence-corrected chi connectivity index (χ0v) is 15.6. The van der Waals surface area contributed by atoms with E-state index in [1.165, 1.54) is 4.88 Å². The van der Waals surface area contributed by atoms with E-state index >= 15 is 0 Å². The van der Waals surface area contributed by atoms with E-state index in [1.807, 2.05) is 50.4 Å². The number of aliphatic imine (C=N–C) groups is 1. The summed E-state index contributed by atoms with van der Waals surface area (Å²) in [5.74, 6) is 0.458. The SMILES string of the molecule is CC1=C(c2ccc(C)c(C)c2)S(=O)(=O)NC1=NCCc1cccs1. The number of nitrogens with zero attached hydrogens (tertiary/aromatic N) is 1. The first kappa shape index (κ1) is 16.9. The molecule has 0 atom stereocenters. The minimum absolute atomic E-state index is 0.334. The van der Waals surface area contributed by atoms with Crippen molar-refractivity contribution >= 4 is 32.1 Å². The van der Waals surface area contributed by atoms with Crippen LogP contribution in [0, 0.1) is 13.8 Å². The molecule has 24 heavy (non-hydrogen) atoms. The molecule has 1 aliphatic heterocycles. The van der Waals surface area contributed by atoms with Gasteiger partial charge in [-0.2, -0.15) is 0 Å². The first-order valence-corrected chi connectivity index (χ1v) is 10.1. The van der Waals surface area contributed by atoms with Gasteiger partial charge in [-0.3, -0.25) is 9.71 Å². The maximum absolute atomic E-state index is 12.5.